The first-order valence-electron chi connectivity index (χ1n) is 6.10. The van der Waals surface area contributed by atoms with Crippen molar-refractivity contribution >= 4 is 0 Å². The van der Waals surface area contributed by atoms with Gasteiger partial charge in [0.05, 0.1) is 0 Å². The molecule has 0 aliphatic heterocycles. The Balaban J connectivity index is 2.10. The lowest BCUT2D eigenvalue weighted by atomic mass is 10.1. The number of nitrogens with one attached hydrogen (secondary N) is 1. The van der Waals surface area contributed by atoms with Crippen LogP contribution in [0, 0.1) is 6.92 Å². The van der Waals surface area contributed by atoms with Crippen molar-refractivity contribution in [3.05, 3.63) is 35.4 Å². The fraction of sp³-hybridized carbons (Fsp3) is 0.571. The molecule has 1 aromatic carbocycles. The average molecular weight is 220 g/mol. The van der Waals surface area contributed by atoms with Crippen LogP contribution in [0.15, 0.2) is 24.3 Å². The Morgan fingerprint density at radius 2 is 1.88 bits per heavy atom. The highest BCUT2D eigenvalue weighted by atomic mass is 15.0. The van der Waals surface area contributed by atoms with Gasteiger partial charge in [0.15, 0.2) is 0 Å². The molecule has 0 bridgehead atoms. The first-order chi connectivity index (χ1) is 7.70. The number of rotatable bonds is 7. The molecular formula is C14H24N2. The summed E-state index contributed by atoms with van der Waals surface area (Å²) in [6.45, 7) is 5.46. The van der Waals surface area contributed by atoms with Gasteiger partial charge in [-0.15, -0.1) is 0 Å². The summed E-state index contributed by atoms with van der Waals surface area (Å²) in [5, 5.41) is 3.50. The standard InChI is InChI=1S/C14H24N2/c1-13-8-4-5-9-14(13)12-15-10-6-7-11-16(2)3/h4-5,8-9,15H,6-7,10-12H2,1-3H3. The summed E-state index contributed by atoms with van der Waals surface area (Å²) in [5.41, 5.74) is 2.79. The van der Waals surface area contributed by atoms with Crippen LogP contribution in [0.4, 0.5) is 0 Å². The minimum absolute atomic E-state index is 0.995. The molecule has 0 fully saturated rings. The third-order valence-corrected chi connectivity index (χ3v) is 2.79. The monoisotopic (exact) mass is 220 g/mol. The van der Waals surface area contributed by atoms with Crippen molar-refractivity contribution < 1.29 is 0 Å². The zero-order chi connectivity index (χ0) is 11.8. The number of benzene rings is 1. The van der Waals surface area contributed by atoms with Crippen LogP contribution in [0.25, 0.3) is 0 Å². The van der Waals surface area contributed by atoms with Gasteiger partial charge in [0.1, 0.15) is 0 Å². The molecule has 2 heteroatoms. The van der Waals surface area contributed by atoms with E-state index in [0.717, 1.165) is 13.1 Å². The van der Waals surface area contributed by atoms with Crippen molar-refractivity contribution in [1.82, 2.24) is 10.2 Å². The van der Waals surface area contributed by atoms with Crippen molar-refractivity contribution in [2.45, 2.75) is 26.3 Å². The van der Waals surface area contributed by atoms with Gasteiger partial charge in [0.25, 0.3) is 0 Å². The van der Waals surface area contributed by atoms with Gasteiger partial charge in [-0.05, 0) is 58.1 Å². The van der Waals surface area contributed by atoms with Crippen LogP contribution in [0.1, 0.15) is 24.0 Å². The van der Waals surface area contributed by atoms with E-state index in [9.17, 15) is 0 Å². The summed E-state index contributed by atoms with van der Waals surface area (Å²) in [7, 11) is 4.25. The van der Waals surface area contributed by atoms with E-state index in [1.807, 2.05) is 0 Å². The minimum Gasteiger partial charge on any atom is -0.313 e. The van der Waals surface area contributed by atoms with E-state index < -0.39 is 0 Å². The van der Waals surface area contributed by atoms with Crippen LogP contribution in [0.3, 0.4) is 0 Å². The summed E-state index contributed by atoms with van der Waals surface area (Å²) in [6.07, 6.45) is 2.53. The molecule has 0 spiro atoms. The smallest absolute Gasteiger partial charge is 0.0208 e. The van der Waals surface area contributed by atoms with Crippen LogP contribution < -0.4 is 5.32 Å². The van der Waals surface area contributed by atoms with Crippen LogP contribution in [0.5, 0.6) is 0 Å². The van der Waals surface area contributed by atoms with Gasteiger partial charge >= 0.3 is 0 Å². The van der Waals surface area contributed by atoms with Crippen molar-refractivity contribution in [2.24, 2.45) is 0 Å². The topological polar surface area (TPSA) is 15.3 Å². The van der Waals surface area contributed by atoms with Crippen molar-refractivity contribution in [3.63, 3.8) is 0 Å². The van der Waals surface area contributed by atoms with Crippen molar-refractivity contribution in [2.75, 3.05) is 27.2 Å². The molecule has 0 saturated carbocycles. The van der Waals surface area contributed by atoms with Gasteiger partial charge in [-0.3, -0.25) is 0 Å². The number of unbranched alkanes of at least 4 members (excludes halogenated alkanes) is 1. The van der Waals surface area contributed by atoms with Crippen LogP contribution in [-0.2, 0) is 6.54 Å². The highest BCUT2D eigenvalue weighted by molar-refractivity contribution is 5.25. The Morgan fingerprint density at radius 1 is 1.12 bits per heavy atom. The lowest BCUT2D eigenvalue weighted by Crippen LogP contribution is -2.18. The first kappa shape index (κ1) is 13.2. The third-order valence-electron chi connectivity index (χ3n) is 2.79. The van der Waals surface area contributed by atoms with E-state index in [-0.39, 0.29) is 0 Å². The van der Waals surface area contributed by atoms with Gasteiger partial charge in [-0.25, -0.2) is 0 Å². The maximum atomic E-state index is 3.50. The number of nitrogens with zero attached hydrogens (tertiary/aromatic N) is 1. The lowest BCUT2D eigenvalue weighted by Gasteiger charge is -2.10. The van der Waals surface area contributed by atoms with E-state index in [0.29, 0.717) is 0 Å². The van der Waals surface area contributed by atoms with Gasteiger partial charge < -0.3 is 10.2 Å². The highest BCUT2D eigenvalue weighted by Gasteiger charge is 1.96. The lowest BCUT2D eigenvalue weighted by molar-refractivity contribution is 0.391. The molecule has 1 aromatic rings. The van der Waals surface area contributed by atoms with Crippen LogP contribution in [-0.4, -0.2) is 32.1 Å². The quantitative estimate of drug-likeness (QED) is 0.710. The van der Waals surface area contributed by atoms with Gasteiger partial charge in [0, 0.05) is 6.54 Å². The van der Waals surface area contributed by atoms with Crippen molar-refractivity contribution in [3.8, 4) is 0 Å². The molecule has 0 aliphatic carbocycles. The molecule has 0 saturated heterocycles. The number of hydrogen-bond donors (Lipinski definition) is 1. The molecular weight excluding hydrogens is 196 g/mol. The maximum Gasteiger partial charge on any atom is 0.0208 e. The van der Waals surface area contributed by atoms with E-state index >= 15 is 0 Å². The molecule has 16 heavy (non-hydrogen) atoms. The number of aryl methyl sites for hydroxylation is 1. The molecule has 0 aromatic heterocycles. The van der Waals surface area contributed by atoms with Gasteiger partial charge in [0.2, 0.25) is 0 Å². The van der Waals surface area contributed by atoms with Crippen molar-refractivity contribution in [1.29, 1.82) is 0 Å². The largest absolute Gasteiger partial charge is 0.313 e. The Labute approximate surface area is 99.7 Å². The molecule has 1 rings (SSSR count). The Kier molecular flexibility index (Phi) is 6.12. The molecule has 2 nitrogen and oxygen atoms in total. The Hall–Kier alpha value is -0.860. The Morgan fingerprint density at radius 3 is 2.56 bits per heavy atom. The van der Waals surface area contributed by atoms with Crippen LogP contribution in [0.2, 0.25) is 0 Å². The van der Waals surface area contributed by atoms with Gasteiger partial charge in [-0.2, -0.15) is 0 Å². The van der Waals surface area contributed by atoms with Crippen LogP contribution >= 0.6 is 0 Å². The molecule has 0 aliphatic rings. The zero-order valence-corrected chi connectivity index (χ0v) is 10.8. The van der Waals surface area contributed by atoms with E-state index in [1.54, 1.807) is 0 Å². The van der Waals surface area contributed by atoms with Gasteiger partial charge in [-0.1, -0.05) is 24.3 Å². The maximum absolute atomic E-state index is 3.50. The minimum atomic E-state index is 0.995. The molecule has 0 atom stereocenters. The second-order valence-electron chi connectivity index (χ2n) is 4.61. The van der Waals surface area contributed by atoms with E-state index in [4.69, 9.17) is 0 Å². The second kappa shape index (κ2) is 7.42. The Bertz CT molecular complexity index is 295. The van der Waals surface area contributed by atoms with E-state index in [1.165, 1.54) is 30.5 Å². The molecule has 0 radical (unpaired) electrons. The normalized spacial score (nSPS) is 11.0. The summed E-state index contributed by atoms with van der Waals surface area (Å²) in [4.78, 5) is 2.24. The summed E-state index contributed by atoms with van der Waals surface area (Å²) < 4.78 is 0. The fourth-order valence-corrected chi connectivity index (χ4v) is 1.71. The molecule has 0 unspecified atom stereocenters. The third kappa shape index (κ3) is 5.29. The zero-order valence-electron chi connectivity index (χ0n) is 10.8. The first-order valence-corrected chi connectivity index (χ1v) is 6.10. The predicted molar refractivity (Wildman–Crippen MR) is 70.7 cm³/mol. The second-order valence-corrected chi connectivity index (χ2v) is 4.61. The number of hydrogen-bond acceptors (Lipinski definition) is 2. The predicted octanol–water partition coefficient (Wildman–Crippen LogP) is 2.43. The molecule has 1 N–H and O–H groups in total. The summed E-state index contributed by atoms with van der Waals surface area (Å²) in [6, 6.07) is 8.57. The SMILES string of the molecule is Cc1ccccc1CNCCCCN(C)C. The molecule has 0 amide bonds. The molecule has 90 valence electrons. The molecule has 0 heterocycles. The highest BCUT2D eigenvalue weighted by Crippen LogP contribution is 2.05. The van der Waals surface area contributed by atoms with E-state index in [2.05, 4.69) is 55.5 Å². The average Bonchev–Trinajstić information content (AvgIpc) is 2.25. The summed E-state index contributed by atoms with van der Waals surface area (Å²) >= 11 is 0. The fourth-order valence-electron chi connectivity index (χ4n) is 1.71. The summed E-state index contributed by atoms with van der Waals surface area (Å²) in [5.74, 6) is 0.